The summed E-state index contributed by atoms with van der Waals surface area (Å²) in [5.74, 6) is -0.459. The van der Waals surface area contributed by atoms with Gasteiger partial charge in [-0.25, -0.2) is 4.39 Å². The fourth-order valence-corrected chi connectivity index (χ4v) is 2.55. The molecule has 0 spiro atoms. The lowest BCUT2D eigenvalue weighted by atomic mass is 10.1. The number of aromatic nitrogens is 1. The van der Waals surface area contributed by atoms with Gasteiger partial charge in [-0.15, -0.1) is 0 Å². The highest BCUT2D eigenvalue weighted by Crippen LogP contribution is 2.22. The van der Waals surface area contributed by atoms with E-state index < -0.39 is 5.82 Å². The van der Waals surface area contributed by atoms with Crippen LogP contribution in [0.5, 0.6) is 0 Å². The minimum atomic E-state index is -0.459. The zero-order chi connectivity index (χ0) is 16.6. The predicted molar refractivity (Wildman–Crippen MR) is 93.6 cm³/mol. The highest BCUT2D eigenvalue weighted by atomic mass is 19.1. The van der Waals surface area contributed by atoms with Crippen molar-refractivity contribution in [3.63, 3.8) is 0 Å². The number of hydrogen-bond acceptors (Lipinski definition) is 3. The Morgan fingerprint density at radius 1 is 1.26 bits per heavy atom. The van der Waals surface area contributed by atoms with Crippen LogP contribution in [-0.4, -0.2) is 11.6 Å². The average molecular weight is 309 g/mol. The van der Waals surface area contributed by atoms with Crippen molar-refractivity contribution >= 4 is 28.2 Å². The summed E-state index contributed by atoms with van der Waals surface area (Å²) in [5.41, 5.74) is 7.89. The molecule has 3 N–H and O–H groups in total. The lowest BCUT2D eigenvalue weighted by molar-refractivity contribution is 0.633. The molecule has 4 nitrogen and oxygen atoms in total. The first-order valence-electron chi connectivity index (χ1n) is 7.10. The van der Waals surface area contributed by atoms with Crippen LogP contribution in [0, 0.1) is 5.82 Å². The molecule has 0 saturated carbocycles. The average Bonchev–Trinajstić information content (AvgIpc) is 2.56. The number of pyridine rings is 1. The lowest BCUT2D eigenvalue weighted by Gasteiger charge is -2.11. The SMILES string of the molecule is C=Cc1cc(-n2ccc3cc(NC)c(F)cc3c2=O)ccc1N. The van der Waals surface area contributed by atoms with E-state index in [4.69, 9.17) is 5.73 Å². The highest BCUT2D eigenvalue weighted by Gasteiger charge is 2.09. The number of hydrogen-bond donors (Lipinski definition) is 2. The first kappa shape index (κ1) is 14.8. The van der Waals surface area contributed by atoms with Crippen LogP contribution in [0.1, 0.15) is 5.56 Å². The normalized spacial score (nSPS) is 10.7. The third-order valence-electron chi connectivity index (χ3n) is 3.83. The molecule has 5 heteroatoms. The van der Waals surface area contributed by atoms with Gasteiger partial charge in [0, 0.05) is 24.6 Å². The minimum absolute atomic E-state index is 0.288. The van der Waals surface area contributed by atoms with Gasteiger partial charge in [0.25, 0.3) is 5.56 Å². The first-order chi connectivity index (χ1) is 11.0. The maximum absolute atomic E-state index is 14.0. The van der Waals surface area contributed by atoms with E-state index >= 15 is 0 Å². The standard InChI is InChI=1S/C18H16FN3O/c1-3-11-8-13(4-5-16(11)20)22-7-6-12-9-17(21-2)15(19)10-14(12)18(22)23/h3-10,21H,1,20H2,2H3. The Labute approximate surface area is 132 Å². The maximum atomic E-state index is 14.0. The Balaban J connectivity index is 2.25. The van der Waals surface area contributed by atoms with Crippen molar-refractivity contribution in [3.8, 4) is 5.69 Å². The topological polar surface area (TPSA) is 60.0 Å². The van der Waals surface area contributed by atoms with Crippen molar-refractivity contribution < 1.29 is 4.39 Å². The van der Waals surface area contributed by atoms with Crippen LogP contribution in [0.15, 0.2) is 54.0 Å². The monoisotopic (exact) mass is 309 g/mol. The number of rotatable bonds is 3. The Morgan fingerprint density at radius 2 is 2.04 bits per heavy atom. The van der Waals surface area contributed by atoms with Crippen molar-refractivity contribution in [2.45, 2.75) is 0 Å². The molecule has 116 valence electrons. The lowest BCUT2D eigenvalue weighted by Crippen LogP contribution is -2.18. The highest BCUT2D eigenvalue weighted by molar-refractivity contribution is 5.85. The molecule has 0 saturated heterocycles. The fraction of sp³-hybridized carbons (Fsp3) is 0.0556. The van der Waals surface area contributed by atoms with Crippen LogP contribution in [0.3, 0.4) is 0 Å². The van der Waals surface area contributed by atoms with Gasteiger partial charge in [-0.3, -0.25) is 9.36 Å². The van der Waals surface area contributed by atoms with Gasteiger partial charge < -0.3 is 11.1 Å². The van der Waals surface area contributed by atoms with Crippen LogP contribution in [-0.2, 0) is 0 Å². The third kappa shape index (κ3) is 2.46. The summed E-state index contributed by atoms with van der Waals surface area (Å²) in [7, 11) is 1.64. The molecule has 3 rings (SSSR count). The molecule has 1 heterocycles. The second-order valence-corrected chi connectivity index (χ2v) is 5.18. The van der Waals surface area contributed by atoms with Crippen LogP contribution in [0.4, 0.5) is 15.8 Å². The molecule has 0 aliphatic heterocycles. The maximum Gasteiger partial charge on any atom is 0.263 e. The molecule has 3 aromatic rings. The molecule has 23 heavy (non-hydrogen) atoms. The van der Waals surface area contributed by atoms with E-state index in [0.717, 1.165) is 5.56 Å². The Hall–Kier alpha value is -3.08. The second kappa shape index (κ2) is 5.61. The summed E-state index contributed by atoms with van der Waals surface area (Å²) in [6.07, 6.45) is 3.30. The Morgan fingerprint density at radius 3 is 2.74 bits per heavy atom. The van der Waals surface area contributed by atoms with Crippen molar-refractivity contribution in [3.05, 3.63) is 70.9 Å². The molecule has 2 aromatic carbocycles. The first-order valence-corrected chi connectivity index (χ1v) is 7.10. The molecular formula is C18H16FN3O. The number of nitrogens with two attached hydrogens (primary N) is 1. The number of benzene rings is 2. The third-order valence-corrected chi connectivity index (χ3v) is 3.83. The summed E-state index contributed by atoms with van der Waals surface area (Å²) >= 11 is 0. The molecule has 0 radical (unpaired) electrons. The molecule has 1 aromatic heterocycles. The quantitative estimate of drug-likeness (QED) is 0.729. The van der Waals surface area contributed by atoms with Gasteiger partial charge in [0.2, 0.25) is 0 Å². The number of halogens is 1. The van der Waals surface area contributed by atoms with E-state index in [9.17, 15) is 9.18 Å². The van der Waals surface area contributed by atoms with Gasteiger partial charge >= 0.3 is 0 Å². The number of nitrogens with one attached hydrogen (secondary N) is 1. The van der Waals surface area contributed by atoms with Crippen LogP contribution in [0.2, 0.25) is 0 Å². The molecule has 0 amide bonds. The summed E-state index contributed by atoms with van der Waals surface area (Å²) in [6, 6.07) is 9.89. The minimum Gasteiger partial charge on any atom is -0.398 e. The molecule has 0 bridgehead atoms. The van der Waals surface area contributed by atoms with E-state index in [0.29, 0.717) is 27.8 Å². The van der Waals surface area contributed by atoms with Gasteiger partial charge in [0.15, 0.2) is 0 Å². The van der Waals surface area contributed by atoms with Crippen molar-refractivity contribution in [1.82, 2.24) is 4.57 Å². The van der Waals surface area contributed by atoms with E-state index in [1.165, 1.54) is 10.6 Å². The summed E-state index contributed by atoms with van der Waals surface area (Å²) in [6.45, 7) is 3.71. The van der Waals surface area contributed by atoms with Crippen LogP contribution >= 0.6 is 0 Å². The molecule has 0 unspecified atom stereocenters. The van der Waals surface area contributed by atoms with E-state index in [1.54, 1.807) is 49.7 Å². The van der Waals surface area contributed by atoms with Crippen molar-refractivity contribution in [1.29, 1.82) is 0 Å². The molecular weight excluding hydrogens is 293 g/mol. The molecule has 0 atom stereocenters. The van der Waals surface area contributed by atoms with Gasteiger partial charge in [-0.05, 0) is 47.3 Å². The Bertz CT molecular complexity index is 976. The Kier molecular flexibility index (Phi) is 3.62. The summed E-state index contributed by atoms with van der Waals surface area (Å²) in [5, 5.41) is 3.76. The number of nitrogens with zero attached hydrogens (tertiary/aromatic N) is 1. The van der Waals surface area contributed by atoms with Gasteiger partial charge in [0.05, 0.1) is 11.1 Å². The zero-order valence-electron chi connectivity index (χ0n) is 12.6. The number of fused-ring (bicyclic) bond motifs is 1. The predicted octanol–water partition coefficient (Wildman–Crippen LogP) is 3.40. The fourth-order valence-electron chi connectivity index (χ4n) is 2.55. The molecule has 0 aliphatic rings. The number of anilines is 2. The van der Waals surface area contributed by atoms with Crippen molar-refractivity contribution in [2.24, 2.45) is 0 Å². The van der Waals surface area contributed by atoms with Gasteiger partial charge in [-0.2, -0.15) is 0 Å². The molecule has 0 aliphatic carbocycles. The van der Waals surface area contributed by atoms with Gasteiger partial charge in [0.1, 0.15) is 5.82 Å². The van der Waals surface area contributed by atoms with Crippen molar-refractivity contribution in [2.75, 3.05) is 18.1 Å². The van der Waals surface area contributed by atoms with Crippen LogP contribution < -0.4 is 16.6 Å². The zero-order valence-corrected chi connectivity index (χ0v) is 12.6. The van der Waals surface area contributed by atoms with Crippen LogP contribution in [0.25, 0.3) is 22.5 Å². The van der Waals surface area contributed by atoms with Gasteiger partial charge in [-0.1, -0.05) is 12.7 Å². The summed E-state index contributed by atoms with van der Waals surface area (Å²) < 4.78 is 15.4. The largest absolute Gasteiger partial charge is 0.398 e. The number of nitrogen functional groups attached to an aromatic ring is 1. The second-order valence-electron chi connectivity index (χ2n) is 5.18. The van der Waals surface area contributed by atoms with E-state index in [2.05, 4.69) is 11.9 Å². The molecule has 0 fully saturated rings. The smallest absolute Gasteiger partial charge is 0.263 e. The van der Waals surface area contributed by atoms with E-state index in [-0.39, 0.29) is 5.56 Å². The van der Waals surface area contributed by atoms with E-state index in [1.807, 2.05) is 0 Å². The summed E-state index contributed by atoms with van der Waals surface area (Å²) in [4.78, 5) is 12.7.